The number of piperidine rings is 1. The molecule has 0 atom stereocenters. The van der Waals surface area contributed by atoms with Crippen molar-refractivity contribution in [1.82, 2.24) is 14.8 Å². The summed E-state index contributed by atoms with van der Waals surface area (Å²) in [5, 5.41) is 2.83. The molecule has 1 aromatic rings. The number of amides is 1. The van der Waals surface area contributed by atoms with Crippen molar-refractivity contribution in [3.63, 3.8) is 0 Å². The highest BCUT2D eigenvalue weighted by atomic mass is 35.5. The number of hydrogen-bond acceptors (Lipinski definition) is 5. The quantitative estimate of drug-likeness (QED) is 0.769. The Morgan fingerprint density at radius 3 is 2.50 bits per heavy atom. The highest BCUT2D eigenvalue weighted by Crippen LogP contribution is 2.21. The molecule has 0 radical (unpaired) electrons. The topological polar surface area (TPSA) is 62.5 Å². The summed E-state index contributed by atoms with van der Waals surface area (Å²) in [6, 6.07) is 0. The second-order valence-corrected chi connectivity index (χ2v) is 6.83. The van der Waals surface area contributed by atoms with E-state index in [1.165, 1.54) is 11.3 Å². The lowest BCUT2D eigenvalue weighted by Crippen LogP contribution is -2.41. The van der Waals surface area contributed by atoms with Crippen molar-refractivity contribution in [2.45, 2.75) is 33.1 Å². The third kappa shape index (κ3) is 6.48. The highest BCUT2D eigenvalue weighted by Gasteiger charge is 2.25. The standard InChI is InChI=1S/C16H28N4OS.2ClH/c1-3-19(4-2)11-13-6-9-20(10-7-13)16(21)14-12-22-15(18-14)5-8-17;;/h12-13H,3-11,17H2,1-2H3;2*1H. The van der Waals surface area contributed by atoms with E-state index in [4.69, 9.17) is 5.73 Å². The smallest absolute Gasteiger partial charge is 0.273 e. The Bertz CT molecular complexity index is 474. The number of carbonyl (C=O) groups is 1. The van der Waals surface area contributed by atoms with Gasteiger partial charge >= 0.3 is 0 Å². The number of nitrogens with two attached hydrogens (primary N) is 1. The molecule has 5 nitrogen and oxygen atoms in total. The molecule has 2 rings (SSSR count). The molecular formula is C16H30Cl2N4OS. The fraction of sp³-hybridized carbons (Fsp3) is 0.750. The molecule has 2 N–H and O–H groups in total. The van der Waals surface area contributed by atoms with Crippen LogP contribution in [0.1, 0.15) is 42.2 Å². The first-order valence-electron chi connectivity index (χ1n) is 8.34. The lowest BCUT2D eigenvalue weighted by molar-refractivity contribution is 0.0664. The Labute approximate surface area is 161 Å². The van der Waals surface area contributed by atoms with Crippen LogP contribution in [0.25, 0.3) is 0 Å². The first-order chi connectivity index (χ1) is 10.7. The van der Waals surface area contributed by atoms with Gasteiger partial charge in [-0.1, -0.05) is 13.8 Å². The largest absolute Gasteiger partial charge is 0.337 e. The van der Waals surface area contributed by atoms with Crippen LogP contribution in [0.5, 0.6) is 0 Å². The van der Waals surface area contributed by atoms with Gasteiger partial charge in [0, 0.05) is 31.4 Å². The summed E-state index contributed by atoms with van der Waals surface area (Å²) in [5.74, 6) is 0.799. The SMILES string of the molecule is CCN(CC)CC1CCN(C(=O)c2csc(CCN)n2)CC1.Cl.Cl. The van der Waals surface area contributed by atoms with Gasteiger partial charge < -0.3 is 15.5 Å². The molecule has 8 heteroatoms. The second-order valence-electron chi connectivity index (χ2n) is 5.89. The van der Waals surface area contributed by atoms with Crippen LogP contribution in [0.15, 0.2) is 5.38 Å². The van der Waals surface area contributed by atoms with Gasteiger partial charge in [0.1, 0.15) is 5.69 Å². The maximum Gasteiger partial charge on any atom is 0.273 e. The Hall–Kier alpha value is -0.400. The number of carbonyl (C=O) groups excluding carboxylic acids is 1. The minimum atomic E-state index is 0. The van der Waals surface area contributed by atoms with Crippen molar-refractivity contribution in [2.24, 2.45) is 11.7 Å². The summed E-state index contributed by atoms with van der Waals surface area (Å²) in [5.41, 5.74) is 6.13. The number of thiazole rings is 1. The van der Waals surface area contributed by atoms with Crippen LogP contribution in [0.4, 0.5) is 0 Å². The maximum atomic E-state index is 12.5. The van der Waals surface area contributed by atoms with E-state index in [9.17, 15) is 4.79 Å². The average molecular weight is 397 g/mol. The molecule has 1 amide bonds. The van der Waals surface area contributed by atoms with Gasteiger partial charge in [0.15, 0.2) is 0 Å². The van der Waals surface area contributed by atoms with Gasteiger partial charge in [0.2, 0.25) is 0 Å². The number of aromatic nitrogens is 1. The van der Waals surface area contributed by atoms with Crippen LogP contribution in [0, 0.1) is 5.92 Å². The summed E-state index contributed by atoms with van der Waals surface area (Å²) in [6.07, 6.45) is 2.95. The van der Waals surface area contributed by atoms with Crippen LogP contribution >= 0.6 is 36.2 Å². The lowest BCUT2D eigenvalue weighted by Gasteiger charge is -2.34. The number of rotatable bonds is 7. The van der Waals surface area contributed by atoms with Crippen LogP contribution in [0.3, 0.4) is 0 Å². The lowest BCUT2D eigenvalue weighted by atomic mass is 9.96. The van der Waals surface area contributed by atoms with E-state index < -0.39 is 0 Å². The number of hydrogen-bond donors (Lipinski definition) is 1. The monoisotopic (exact) mass is 396 g/mol. The number of nitrogens with zero attached hydrogens (tertiary/aromatic N) is 3. The van der Waals surface area contributed by atoms with Gasteiger partial charge in [-0.25, -0.2) is 4.98 Å². The number of halogens is 2. The molecule has 2 heterocycles. The fourth-order valence-corrected chi connectivity index (χ4v) is 3.76. The minimum Gasteiger partial charge on any atom is -0.337 e. The van der Waals surface area contributed by atoms with E-state index in [1.54, 1.807) is 0 Å². The van der Waals surface area contributed by atoms with Crippen molar-refractivity contribution in [1.29, 1.82) is 0 Å². The first kappa shape index (κ1) is 23.6. The Morgan fingerprint density at radius 2 is 1.96 bits per heavy atom. The highest BCUT2D eigenvalue weighted by molar-refractivity contribution is 7.09. The fourth-order valence-electron chi connectivity index (χ4n) is 2.97. The van der Waals surface area contributed by atoms with Crippen LogP contribution in [-0.4, -0.2) is 60.0 Å². The zero-order chi connectivity index (χ0) is 15.9. The second kappa shape index (κ2) is 12.0. The number of likely N-dealkylation sites (tertiary alicyclic amines) is 1. The molecule has 0 bridgehead atoms. The van der Waals surface area contributed by atoms with Gasteiger partial charge in [-0.3, -0.25) is 4.79 Å². The van der Waals surface area contributed by atoms with E-state index >= 15 is 0 Å². The summed E-state index contributed by atoms with van der Waals surface area (Å²) < 4.78 is 0. The van der Waals surface area contributed by atoms with Crippen LogP contribution in [0.2, 0.25) is 0 Å². The normalized spacial score (nSPS) is 15.1. The van der Waals surface area contributed by atoms with E-state index in [2.05, 4.69) is 23.7 Å². The minimum absolute atomic E-state index is 0. The molecule has 1 aliphatic rings. The zero-order valence-electron chi connectivity index (χ0n) is 14.6. The van der Waals surface area contributed by atoms with Gasteiger partial charge in [-0.15, -0.1) is 36.2 Å². The summed E-state index contributed by atoms with van der Waals surface area (Å²) >= 11 is 1.54. The van der Waals surface area contributed by atoms with E-state index in [-0.39, 0.29) is 30.7 Å². The molecule has 1 fully saturated rings. The van der Waals surface area contributed by atoms with Gasteiger partial charge in [0.25, 0.3) is 5.91 Å². The van der Waals surface area contributed by atoms with E-state index in [1.807, 2.05) is 10.3 Å². The third-order valence-corrected chi connectivity index (χ3v) is 5.35. The van der Waals surface area contributed by atoms with Gasteiger partial charge in [0.05, 0.1) is 5.01 Å². The molecule has 24 heavy (non-hydrogen) atoms. The molecule has 0 aromatic carbocycles. The molecule has 1 saturated heterocycles. The van der Waals surface area contributed by atoms with Crippen molar-refractivity contribution >= 4 is 42.1 Å². The van der Waals surface area contributed by atoms with Crippen LogP contribution in [-0.2, 0) is 6.42 Å². The Morgan fingerprint density at radius 1 is 1.33 bits per heavy atom. The summed E-state index contributed by atoms with van der Waals surface area (Å²) in [4.78, 5) is 21.3. The molecule has 1 aliphatic heterocycles. The Kier molecular flexibility index (Phi) is 11.8. The summed E-state index contributed by atoms with van der Waals surface area (Å²) in [6.45, 7) is 10.1. The maximum absolute atomic E-state index is 12.5. The molecule has 0 saturated carbocycles. The Balaban J connectivity index is 0.00000264. The van der Waals surface area contributed by atoms with E-state index in [0.717, 1.165) is 57.0 Å². The molecule has 0 spiro atoms. The first-order valence-corrected chi connectivity index (χ1v) is 9.21. The van der Waals surface area contributed by atoms with Crippen molar-refractivity contribution < 1.29 is 4.79 Å². The van der Waals surface area contributed by atoms with Gasteiger partial charge in [-0.05, 0) is 38.4 Å². The van der Waals surface area contributed by atoms with E-state index in [0.29, 0.717) is 18.2 Å². The molecular weight excluding hydrogens is 367 g/mol. The van der Waals surface area contributed by atoms with Gasteiger partial charge in [-0.2, -0.15) is 0 Å². The van der Waals surface area contributed by atoms with Crippen LogP contribution < -0.4 is 5.73 Å². The van der Waals surface area contributed by atoms with Crippen molar-refractivity contribution in [3.05, 3.63) is 16.1 Å². The molecule has 140 valence electrons. The average Bonchev–Trinajstić information content (AvgIpc) is 3.01. The van der Waals surface area contributed by atoms with Crippen molar-refractivity contribution in [2.75, 3.05) is 39.3 Å². The van der Waals surface area contributed by atoms with Crippen molar-refractivity contribution in [3.8, 4) is 0 Å². The molecule has 1 aromatic heterocycles. The molecule has 0 unspecified atom stereocenters. The zero-order valence-corrected chi connectivity index (χ0v) is 17.0. The summed E-state index contributed by atoms with van der Waals surface area (Å²) in [7, 11) is 0. The third-order valence-electron chi connectivity index (χ3n) is 4.44. The predicted octanol–water partition coefficient (Wildman–Crippen LogP) is 2.68. The predicted molar refractivity (Wildman–Crippen MR) is 106 cm³/mol. The molecule has 0 aliphatic carbocycles.